The smallest absolute Gasteiger partial charge is 0.332 e. The summed E-state index contributed by atoms with van der Waals surface area (Å²) in [6.45, 7) is 7.97. The highest BCUT2D eigenvalue weighted by molar-refractivity contribution is 5.99. The maximum Gasteiger partial charge on any atom is 0.332 e. The summed E-state index contributed by atoms with van der Waals surface area (Å²) in [6.07, 6.45) is -2.52. The first kappa shape index (κ1) is 33.0. The van der Waals surface area contributed by atoms with Crippen LogP contribution in [-0.2, 0) is 30.4 Å². The first-order valence-corrected chi connectivity index (χ1v) is 13.7. The van der Waals surface area contributed by atoms with E-state index in [1.54, 1.807) is 44.2 Å². The average Bonchev–Trinajstić information content (AvgIpc) is 3.38. The number of aliphatic hydroxyl groups is 1. The third-order valence-corrected chi connectivity index (χ3v) is 7.09. The quantitative estimate of drug-likeness (QED) is 0.297. The van der Waals surface area contributed by atoms with E-state index in [-0.39, 0.29) is 37.5 Å². The fraction of sp³-hybridized carbons (Fsp3) is 0.621. The number of hydrogen-bond acceptors (Lipinski definition) is 6. The molecule has 2 unspecified atom stereocenters. The Labute approximate surface area is 234 Å². The monoisotopic (exact) mass is 565 g/mol. The molecule has 9 nitrogen and oxygen atoms in total. The number of carbonyl (C=O) groups is 5. The number of hydrogen-bond donors (Lipinski definition) is 3. The zero-order valence-electron chi connectivity index (χ0n) is 23.8. The van der Waals surface area contributed by atoms with Crippen molar-refractivity contribution in [2.75, 3.05) is 6.54 Å². The Morgan fingerprint density at radius 3 is 2.20 bits per heavy atom. The molecule has 222 valence electrons. The van der Waals surface area contributed by atoms with E-state index in [0.29, 0.717) is 12.0 Å². The maximum atomic E-state index is 15.1. The van der Waals surface area contributed by atoms with E-state index < -0.39 is 66.0 Å². The minimum absolute atomic E-state index is 0.0831. The first-order valence-electron chi connectivity index (χ1n) is 13.7. The molecule has 11 heteroatoms. The topological polar surface area (TPSA) is 133 Å². The van der Waals surface area contributed by atoms with Crippen LogP contribution in [0.25, 0.3) is 0 Å². The van der Waals surface area contributed by atoms with Gasteiger partial charge in [0.1, 0.15) is 24.0 Å². The van der Waals surface area contributed by atoms with Gasteiger partial charge in [-0.25, -0.2) is 0 Å². The molecule has 1 aromatic carbocycles. The third-order valence-electron chi connectivity index (χ3n) is 7.09. The summed E-state index contributed by atoms with van der Waals surface area (Å²) < 4.78 is 30.2. The number of alkyl halides is 2. The van der Waals surface area contributed by atoms with Crippen molar-refractivity contribution < 1.29 is 37.9 Å². The standard InChI is InChI=1S/C29H41F2N3O6/c1-17(2)24(26(38)29(30,31)22(36)14-13-20-10-7-6-8-11-20)33-27(39)21-12-9-15-34(21)28(40)25(18(3)4)32-23(37)16-19(5)35/h6-8,10-11,17-18,21,24-26,38H,9,12-16H2,1-5H3,(H,32,37)(H,33,39)/t21?,24-,25-,26?/m0/s1. The summed E-state index contributed by atoms with van der Waals surface area (Å²) in [5.41, 5.74) is 0.707. The predicted molar refractivity (Wildman–Crippen MR) is 144 cm³/mol. The van der Waals surface area contributed by atoms with Gasteiger partial charge in [0.2, 0.25) is 23.5 Å². The lowest BCUT2D eigenvalue weighted by Gasteiger charge is -2.35. The van der Waals surface area contributed by atoms with Crippen molar-refractivity contribution in [3.63, 3.8) is 0 Å². The van der Waals surface area contributed by atoms with Crippen LogP contribution < -0.4 is 10.6 Å². The second kappa shape index (κ2) is 14.4. The normalized spacial score (nSPS) is 17.9. The van der Waals surface area contributed by atoms with E-state index in [9.17, 15) is 29.1 Å². The van der Waals surface area contributed by atoms with Crippen molar-refractivity contribution in [3.05, 3.63) is 35.9 Å². The van der Waals surface area contributed by atoms with Gasteiger partial charge in [0, 0.05) is 13.0 Å². The molecule has 2 rings (SSSR count). The van der Waals surface area contributed by atoms with Gasteiger partial charge < -0.3 is 20.6 Å². The Morgan fingerprint density at radius 1 is 1.02 bits per heavy atom. The number of likely N-dealkylation sites (tertiary alicyclic amines) is 1. The fourth-order valence-corrected chi connectivity index (χ4v) is 4.78. The van der Waals surface area contributed by atoms with Crippen molar-refractivity contribution in [2.45, 2.75) is 96.9 Å². The van der Waals surface area contributed by atoms with Gasteiger partial charge in [-0.2, -0.15) is 8.78 Å². The van der Waals surface area contributed by atoms with E-state index in [4.69, 9.17) is 0 Å². The number of amides is 3. The molecular weight excluding hydrogens is 524 g/mol. The number of benzene rings is 1. The van der Waals surface area contributed by atoms with Crippen molar-refractivity contribution >= 4 is 29.3 Å². The Balaban J connectivity index is 2.13. The second-order valence-corrected chi connectivity index (χ2v) is 11.1. The molecule has 1 aliphatic heterocycles. The highest BCUT2D eigenvalue weighted by Crippen LogP contribution is 2.28. The van der Waals surface area contributed by atoms with Gasteiger partial charge in [-0.05, 0) is 43.6 Å². The minimum atomic E-state index is -4.11. The molecule has 4 atom stereocenters. The molecule has 0 saturated carbocycles. The Morgan fingerprint density at radius 2 is 1.65 bits per heavy atom. The summed E-state index contributed by atoms with van der Waals surface area (Å²) >= 11 is 0. The molecular formula is C29H41F2N3O6. The number of rotatable bonds is 14. The number of halogens is 2. The van der Waals surface area contributed by atoms with Gasteiger partial charge in [0.25, 0.3) is 0 Å². The Hall–Kier alpha value is -3.21. The number of aliphatic hydroxyl groups excluding tert-OH is 1. The minimum Gasteiger partial charge on any atom is -0.384 e. The second-order valence-electron chi connectivity index (χ2n) is 11.1. The highest BCUT2D eigenvalue weighted by atomic mass is 19.3. The lowest BCUT2D eigenvalue weighted by atomic mass is 9.90. The Kier molecular flexibility index (Phi) is 11.9. The van der Waals surface area contributed by atoms with Crippen LogP contribution in [0.15, 0.2) is 30.3 Å². The predicted octanol–water partition coefficient (Wildman–Crippen LogP) is 2.44. The van der Waals surface area contributed by atoms with Crippen molar-refractivity contribution in [3.8, 4) is 0 Å². The number of aryl methyl sites for hydroxylation is 1. The Bertz CT molecular complexity index is 1060. The molecule has 3 N–H and O–H groups in total. The molecule has 0 aromatic heterocycles. The number of nitrogens with one attached hydrogen (secondary N) is 2. The summed E-state index contributed by atoms with van der Waals surface area (Å²) in [6, 6.07) is 5.21. The number of nitrogens with zero attached hydrogens (tertiary/aromatic N) is 1. The lowest BCUT2D eigenvalue weighted by molar-refractivity contribution is -0.167. The van der Waals surface area contributed by atoms with Crippen molar-refractivity contribution in [1.29, 1.82) is 0 Å². The van der Waals surface area contributed by atoms with Gasteiger partial charge in [-0.15, -0.1) is 0 Å². The summed E-state index contributed by atoms with van der Waals surface area (Å²) in [5.74, 6) is -8.76. The highest BCUT2D eigenvalue weighted by Gasteiger charge is 2.51. The van der Waals surface area contributed by atoms with Crippen molar-refractivity contribution in [1.82, 2.24) is 15.5 Å². The van der Waals surface area contributed by atoms with E-state index in [0.717, 1.165) is 0 Å². The molecule has 1 heterocycles. The molecule has 0 radical (unpaired) electrons. The zero-order valence-corrected chi connectivity index (χ0v) is 23.8. The summed E-state index contributed by atoms with van der Waals surface area (Å²) in [4.78, 5) is 63.8. The van der Waals surface area contributed by atoms with Gasteiger partial charge in [-0.3, -0.25) is 24.0 Å². The van der Waals surface area contributed by atoms with Gasteiger partial charge in [0.15, 0.2) is 0 Å². The van der Waals surface area contributed by atoms with Crippen LogP contribution in [-0.4, -0.2) is 76.0 Å². The summed E-state index contributed by atoms with van der Waals surface area (Å²) in [5, 5.41) is 15.7. The average molecular weight is 566 g/mol. The van der Waals surface area contributed by atoms with Crippen LogP contribution in [0, 0.1) is 11.8 Å². The van der Waals surface area contributed by atoms with Gasteiger partial charge in [0.05, 0.1) is 12.5 Å². The molecule has 40 heavy (non-hydrogen) atoms. The first-order chi connectivity index (χ1) is 18.7. The molecule has 0 aliphatic carbocycles. The van der Waals surface area contributed by atoms with E-state index in [1.165, 1.54) is 25.7 Å². The third kappa shape index (κ3) is 8.64. The SMILES string of the molecule is CC(=O)CC(=O)N[C@H](C(=O)N1CCCC1C(=O)N[C@@H](C(C)C)C(O)C(F)(F)C(=O)CCc1ccccc1)C(C)C. The van der Waals surface area contributed by atoms with Crippen LogP contribution in [0.1, 0.15) is 65.9 Å². The molecule has 1 saturated heterocycles. The fourth-order valence-electron chi connectivity index (χ4n) is 4.78. The number of carbonyl (C=O) groups excluding carboxylic acids is 5. The van der Waals surface area contributed by atoms with Gasteiger partial charge in [-0.1, -0.05) is 58.0 Å². The van der Waals surface area contributed by atoms with Crippen LogP contribution in [0.2, 0.25) is 0 Å². The van der Waals surface area contributed by atoms with E-state index in [2.05, 4.69) is 10.6 Å². The number of Topliss-reactive ketones (excluding diaryl/α,β-unsaturated/α-hetero) is 2. The molecule has 3 amide bonds. The molecule has 0 spiro atoms. The van der Waals surface area contributed by atoms with E-state index >= 15 is 8.78 Å². The van der Waals surface area contributed by atoms with Crippen molar-refractivity contribution in [2.24, 2.45) is 11.8 Å². The molecule has 1 fully saturated rings. The van der Waals surface area contributed by atoms with Crippen LogP contribution in [0.3, 0.4) is 0 Å². The molecule has 1 aliphatic rings. The molecule has 0 bridgehead atoms. The molecule has 1 aromatic rings. The lowest BCUT2D eigenvalue weighted by Crippen LogP contribution is -2.60. The van der Waals surface area contributed by atoms with Crippen LogP contribution >= 0.6 is 0 Å². The maximum absolute atomic E-state index is 15.1. The van der Waals surface area contributed by atoms with Crippen LogP contribution in [0.4, 0.5) is 8.78 Å². The largest absolute Gasteiger partial charge is 0.384 e. The van der Waals surface area contributed by atoms with E-state index in [1.807, 2.05) is 0 Å². The summed E-state index contributed by atoms with van der Waals surface area (Å²) in [7, 11) is 0. The number of ketones is 2. The van der Waals surface area contributed by atoms with Crippen LogP contribution in [0.5, 0.6) is 0 Å². The zero-order chi connectivity index (χ0) is 30.2. The van der Waals surface area contributed by atoms with Gasteiger partial charge >= 0.3 is 5.92 Å².